The highest BCUT2D eigenvalue weighted by molar-refractivity contribution is 6.46. The molecule has 0 rings (SSSR count). The lowest BCUT2D eigenvalue weighted by Crippen LogP contribution is -2.24. The number of carbonyl (C=O) groups is 11. The number of esters is 4. The van der Waals surface area contributed by atoms with Gasteiger partial charge in [0.25, 0.3) is 17.3 Å². The molecule has 0 spiro atoms. The summed E-state index contributed by atoms with van der Waals surface area (Å²) in [6.07, 6.45) is 0.658. The van der Waals surface area contributed by atoms with Crippen LogP contribution in [0.25, 0.3) is 0 Å². The lowest BCUT2D eigenvalue weighted by atomic mass is 10.1. The second-order valence-electron chi connectivity index (χ2n) is 7.28. The second-order valence-corrected chi connectivity index (χ2v) is 7.28. The van der Waals surface area contributed by atoms with Crippen molar-refractivity contribution < 1.29 is 82.6 Å². The van der Waals surface area contributed by atoms with E-state index in [2.05, 4.69) is 9.47 Å². The Morgan fingerprint density at radius 1 is 0.550 bits per heavy atom. The molecular formula is C23H20O17. The highest BCUT2D eigenvalue weighted by Crippen LogP contribution is 2.07. The normalized spacial score (nSPS) is 12.4. The number of carbonyl (C=O) groups excluding carboxylic acids is 7. The predicted molar refractivity (Wildman–Crippen MR) is 121 cm³/mol. The fourth-order valence-corrected chi connectivity index (χ4v) is 2.24. The molecule has 4 N–H and O–H groups in total. The van der Waals surface area contributed by atoms with Gasteiger partial charge < -0.3 is 29.9 Å². The van der Waals surface area contributed by atoms with E-state index in [-0.39, 0.29) is 6.42 Å². The number of ketones is 3. The topological polar surface area (TPSA) is 287 Å². The highest BCUT2D eigenvalue weighted by atomic mass is 16.6. The van der Waals surface area contributed by atoms with Crippen molar-refractivity contribution in [2.24, 2.45) is 11.8 Å². The van der Waals surface area contributed by atoms with Gasteiger partial charge in [0.1, 0.15) is 0 Å². The molecule has 17 nitrogen and oxygen atoms in total. The quantitative estimate of drug-likeness (QED) is 0.0681. The van der Waals surface area contributed by atoms with Gasteiger partial charge in [0.15, 0.2) is 0 Å². The van der Waals surface area contributed by atoms with Gasteiger partial charge >= 0.3 is 47.8 Å². The minimum absolute atomic E-state index is 0.343. The van der Waals surface area contributed by atoms with Gasteiger partial charge in [-0.3, -0.25) is 38.4 Å². The van der Waals surface area contributed by atoms with Crippen LogP contribution >= 0.6 is 0 Å². The fraction of sp³-hybridized carbons (Fsp3) is 0.261. The van der Waals surface area contributed by atoms with E-state index in [9.17, 15) is 52.7 Å². The first kappa shape index (κ1) is 34.4. The molecule has 0 radical (unpaired) electrons. The third-order valence-corrected chi connectivity index (χ3v) is 4.16. The van der Waals surface area contributed by atoms with Crippen molar-refractivity contribution >= 4 is 65.1 Å². The van der Waals surface area contributed by atoms with Gasteiger partial charge in [-0.2, -0.15) is 0 Å². The van der Waals surface area contributed by atoms with E-state index >= 15 is 0 Å². The summed E-state index contributed by atoms with van der Waals surface area (Å²) in [7, 11) is 0. The van der Waals surface area contributed by atoms with E-state index in [4.69, 9.17) is 20.4 Å². The molecule has 0 aromatic carbocycles. The summed E-state index contributed by atoms with van der Waals surface area (Å²) >= 11 is 0. The second kappa shape index (κ2) is 17.0. The number of hydrogen-bond acceptors (Lipinski definition) is 13. The van der Waals surface area contributed by atoms with E-state index in [0.717, 1.165) is 6.08 Å². The zero-order chi connectivity index (χ0) is 31.0. The van der Waals surface area contributed by atoms with Crippen LogP contribution in [0.1, 0.15) is 25.7 Å². The van der Waals surface area contributed by atoms with Crippen molar-refractivity contribution in [2.75, 3.05) is 0 Å². The summed E-state index contributed by atoms with van der Waals surface area (Å²) in [4.78, 5) is 124. The van der Waals surface area contributed by atoms with Crippen LogP contribution in [0.5, 0.6) is 0 Å². The maximum absolute atomic E-state index is 11.6. The van der Waals surface area contributed by atoms with Crippen LogP contribution in [0.2, 0.25) is 0 Å². The third kappa shape index (κ3) is 14.2. The van der Waals surface area contributed by atoms with Gasteiger partial charge in [-0.05, 0) is 24.6 Å². The number of carboxylic acids is 4. The van der Waals surface area contributed by atoms with Crippen LogP contribution in [0, 0.1) is 11.8 Å². The van der Waals surface area contributed by atoms with Crippen LogP contribution < -0.4 is 0 Å². The number of allylic oxidation sites excluding steroid dienone is 1. The first-order valence-electron chi connectivity index (χ1n) is 10.6. The zero-order valence-electron chi connectivity index (χ0n) is 20.0. The van der Waals surface area contributed by atoms with E-state index in [1.54, 1.807) is 0 Å². The van der Waals surface area contributed by atoms with Crippen LogP contribution in [0.4, 0.5) is 0 Å². The molecule has 0 fully saturated rings. The first-order chi connectivity index (χ1) is 18.5. The lowest BCUT2D eigenvalue weighted by molar-refractivity contribution is -0.165. The summed E-state index contributed by atoms with van der Waals surface area (Å²) in [5.74, 6) is -20.7. The molecular weight excluding hydrogens is 548 g/mol. The summed E-state index contributed by atoms with van der Waals surface area (Å²) in [5, 5.41) is 34.9. The summed E-state index contributed by atoms with van der Waals surface area (Å²) < 4.78 is 8.17. The van der Waals surface area contributed by atoms with Crippen LogP contribution in [0.15, 0.2) is 36.5 Å². The smallest absolute Gasteiger partial charge is 0.386 e. The molecule has 0 aliphatic rings. The Labute approximate surface area is 222 Å². The largest absolute Gasteiger partial charge is 0.481 e. The van der Waals surface area contributed by atoms with Crippen LogP contribution in [-0.4, -0.2) is 85.5 Å². The van der Waals surface area contributed by atoms with Gasteiger partial charge in [0.05, 0.1) is 24.7 Å². The number of ether oxygens (including phenoxy) is 2. The van der Waals surface area contributed by atoms with Crippen molar-refractivity contribution in [3.05, 3.63) is 36.5 Å². The van der Waals surface area contributed by atoms with Gasteiger partial charge in [0.2, 0.25) is 0 Å². The van der Waals surface area contributed by atoms with Crippen LogP contribution in [-0.2, 0) is 62.2 Å². The first-order valence-corrected chi connectivity index (χ1v) is 10.6. The number of hydrogen-bond donors (Lipinski definition) is 4. The lowest BCUT2D eigenvalue weighted by Gasteiger charge is -2.03. The van der Waals surface area contributed by atoms with Gasteiger partial charge in [-0.1, -0.05) is 18.2 Å². The monoisotopic (exact) mass is 568 g/mol. The number of aliphatic carboxylic acids is 4. The molecule has 0 saturated carbocycles. The molecule has 0 heterocycles. The Balaban J connectivity index is 4.72. The molecule has 0 aliphatic carbocycles. The van der Waals surface area contributed by atoms with Crippen molar-refractivity contribution in [1.29, 1.82) is 0 Å². The van der Waals surface area contributed by atoms with Crippen molar-refractivity contribution in [1.82, 2.24) is 0 Å². The van der Waals surface area contributed by atoms with Gasteiger partial charge in [-0.15, -0.1) is 0 Å². The van der Waals surface area contributed by atoms with E-state index in [0.29, 0.717) is 30.4 Å². The Bertz CT molecular complexity index is 1200. The average molecular weight is 568 g/mol. The fourth-order valence-electron chi connectivity index (χ4n) is 2.24. The standard InChI is InChI=1S/C23H20O17/c24-13(22(37)40-23(38)15(26)8-6-12(20(34)35)10-17(29)30)3-1-2-4-18(31)39-21(36)14(25)7-5-11(19(32)33)9-16(27)28/h1,3,5-8,11-12H,2,4,9-10H2,(H,27,28)(H,29,30)(H,32,33)(H,34,35). The predicted octanol–water partition coefficient (Wildman–Crippen LogP) is -1.37. The summed E-state index contributed by atoms with van der Waals surface area (Å²) in [6.45, 7) is 0. The highest BCUT2D eigenvalue weighted by Gasteiger charge is 2.24. The average Bonchev–Trinajstić information content (AvgIpc) is 2.85. The van der Waals surface area contributed by atoms with E-state index in [1.807, 2.05) is 0 Å². The Kier molecular flexibility index (Phi) is 14.6. The SMILES string of the molecule is O=C(O)CC(C=CC(=O)C(=O)OC(=O)CCC=CC(=O)C(=O)OC(=O)C(=O)C=CC(CC(=O)O)C(=O)O)C(=O)O. The molecule has 0 aliphatic heterocycles. The molecule has 0 saturated heterocycles. The number of carboxylic acid groups (broad SMARTS) is 4. The van der Waals surface area contributed by atoms with Gasteiger partial charge in [-0.25, -0.2) is 14.4 Å². The van der Waals surface area contributed by atoms with E-state index < -0.39 is 96.2 Å². The van der Waals surface area contributed by atoms with Crippen molar-refractivity contribution in [3.8, 4) is 0 Å². The molecule has 2 atom stereocenters. The molecule has 0 aromatic rings. The zero-order valence-corrected chi connectivity index (χ0v) is 20.0. The molecule has 0 amide bonds. The molecule has 0 aromatic heterocycles. The summed E-state index contributed by atoms with van der Waals surface area (Å²) in [5.41, 5.74) is 0. The van der Waals surface area contributed by atoms with Gasteiger partial charge in [0, 0.05) is 6.42 Å². The maximum Gasteiger partial charge on any atom is 0.386 e. The van der Waals surface area contributed by atoms with Crippen LogP contribution in [0.3, 0.4) is 0 Å². The van der Waals surface area contributed by atoms with Crippen molar-refractivity contribution in [2.45, 2.75) is 25.7 Å². The third-order valence-electron chi connectivity index (χ3n) is 4.16. The summed E-state index contributed by atoms with van der Waals surface area (Å²) in [6, 6.07) is 0. The maximum atomic E-state index is 11.6. The molecule has 0 bridgehead atoms. The molecule has 214 valence electrons. The Hall–Kier alpha value is -5.61. The molecule has 40 heavy (non-hydrogen) atoms. The number of rotatable bonds is 17. The van der Waals surface area contributed by atoms with Crippen molar-refractivity contribution in [3.63, 3.8) is 0 Å². The molecule has 2 unspecified atom stereocenters. The molecule has 17 heteroatoms. The Morgan fingerprint density at radius 3 is 1.30 bits per heavy atom. The minimum Gasteiger partial charge on any atom is -0.481 e. The van der Waals surface area contributed by atoms with E-state index in [1.165, 1.54) is 0 Å². The Morgan fingerprint density at radius 2 is 0.925 bits per heavy atom. The minimum atomic E-state index is -1.87.